The summed E-state index contributed by atoms with van der Waals surface area (Å²) in [5.74, 6) is 0.704. The van der Waals surface area contributed by atoms with Crippen molar-refractivity contribution in [2.75, 3.05) is 38.0 Å². The summed E-state index contributed by atoms with van der Waals surface area (Å²) in [5, 5.41) is 6.25. The Hall–Kier alpha value is -2.60. The van der Waals surface area contributed by atoms with Crippen LogP contribution in [0.3, 0.4) is 0 Å². The van der Waals surface area contributed by atoms with Crippen LogP contribution in [0.15, 0.2) is 28.8 Å². The molecule has 12 heteroatoms. The minimum atomic E-state index is -4.97. The molecule has 1 aromatic carbocycles. The van der Waals surface area contributed by atoms with E-state index in [2.05, 4.69) is 15.4 Å². The Kier molecular flexibility index (Phi) is 6.41. The number of piperazine rings is 1. The number of carbonyl (C=O) groups excluding carboxylic acids is 1. The molecular weight excluding hydrogens is 454 g/mol. The van der Waals surface area contributed by atoms with E-state index in [9.17, 15) is 31.1 Å². The van der Waals surface area contributed by atoms with Gasteiger partial charge in [0, 0.05) is 50.4 Å². The lowest BCUT2D eigenvalue weighted by Gasteiger charge is -2.33. The van der Waals surface area contributed by atoms with Crippen molar-refractivity contribution in [2.45, 2.75) is 37.7 Å². The lowest BCUT2D eigenvalue weighted by atomic mass is 10.1. The van der Waals surface area contributed by atoms with Crippen LogP contribution in [0.1, 0.15) is 41.3 Å². The van der Waals surface area contributed by atoms with Crippen molar-refractivity contribution in [3.05, 3.63) is 46.8 Å². The second-order valence-electron chi connectivity index (χ2n) is 8.39. The minimum Gasteiger partial charge on any atom is -0.361 e. The number of benzene rings is 1. The molecule has 1 aliphatic carbocycles. The number of hydrogen-bond acceptors (Lipinski definition) is 5. The van der Waals surface area contributed by atoms with Gasteiger partial charge < -0.3 is 9.84 Å². The molecule has 2 aromatic rings. The maximum Gasteiger partial charge on any atom is 0.416 e. The number of alkyl halides is 6. The van der Waals surface area contributed by atoms with Gasteiger partial charge in [0.05, 0.1) is 23.4 Å². The zero-order chi connectivity index (χ0) is 23.8. The highest BCUT2D eigenvalue weighted by molar-refractivity contribution is 5.92. The zero-order valence-corrected chi connectivity index (χ0v) is 17.5. The molecule has 0 unspecified atom stereocenters. The molecule has 1 N–H and O–H groups in total. The largest absolute Gasteiger partial charge is 0.416 e. The summed E-state index contributed by atoms with van der Waals surface area (Å²) in [4.78, 5) is 16.2. The van der Waals surface area contributed by atoms with Crippen LogP contribution in [0, 0.1) is 0 Å². The molecule has 0 atom stereocenters. The van der Waals surface area contributed by atoms with Crippen LogP contribution in [-0.2, 0) is 23.7 Å². The van der Waals surface area contributed by atoms with E-state index in [0.717, 1.165) is 24.3 Å². The molecule has 6 nitrogen and oxygen atoms in total. The minimum absolute atomic E-state index is 0.0252. The van der Waals surface area contributed by atoms with E-state index < -0.39 is 35.1 Å². The molecule has 1 saturated heterocycles. The normalized spacial score (nSPS) is 18.5. The Bertz CT molecular complexity index is 959. The van der Waals surface area contributed by atoms with E-state index in [0.29, 0.717) is 50.8 Å². The third-order valence-electron chi connectivity index (χ3n) is 5.65. The Morgan fingerprint density at radius 1 is 0.939 bits per heavy atom. The standard InChI is InChI=1S/C21H22F6N4O2/c22-20(23,24)14-7-15(21(25,26)27)9-16(8-14)28-19(32)12-31-5-3-30(4-6-31)11-17-10-18(33-29-17)13-1-2-13/h7-10,13H,1-6,11-12H2,(H,28,32). The molecule has 2 fully saturated rings. The lowest BCUT2D eigenvalue weighted by Crippen LogP contribution is -2.48. The zero-order valence-electron chi connectivity index (χ0n) is 17.5. The van der Waals surface area contributed by atoms with Crippen molar-refractivity contribution in [1.29, 1.82) is 0 Å². The van der Waals surface area contributed by atoms with E-state index in [1.165, 1.54) is 0 Å². The fraction of sp³-hybridized carbons (Fsp3) is 0.524. The van der Waals surface area contributed by atoms with E-state index in [4.69, 9.17) is 4.52 Å². The van der Waals surface area contributed by atoms with Crippen molar-refractivity contribution in [1.82, 2.24) is 15.0 Å². The average Bonchev–Trinajstić information content (AvgIpc) is 3.47. The van der Waals surface area contributed by atoms with E-state index in [-0.39, 0.29) is 12.6 Å². The maximum absolute atomic E-state index is 13.0. The van der Waals surface area contributed by atoms with Gasteiger partial charge in [0.15, 0.2) is 0 Å². The van der Waals surface area contributed by atoms with Gasteiger partial charge in [-0.3, -0.25) is 14.6 Å². The monoisotopic (exact) mass is 476 g/mol. The Balaban J connectivity index is 1.30. The third-order valence-corrected chi connectivity index (χ3v) is 5.65. The van der Waals surface area contributed by atoms with Crippen LogP contribution >= 0.6 is 0 Å². The van der Waals surface area contributed by atoms with Gasteiger partial charge in [-0.15, -0.1) is 0 Å². The van der Waals surface area contributed by atoms with Crippen LogP contribution in [0.25, 0.3) is 0 Å². The number of nitrogens with one attached hydrogen (secondary N) is 1. The molecule has 0 radical (unpaired) electrons. The summed E-state index contributed by atoms with van der Waals surface area (Å²) in [6.07, 6.45) is -7.71. The Labute approximate surface area is 185 Å². The highest BCUT2D eigenvalue weighted by Crippen LogP contribution is 2.40. The lowest BCUT2D eigenvalue weighted by molar-refractivity contribution is -0.143. The summed E-state index contributed by atoms with van der Waals surface area (Å²) in [5.41, 5.74) is -2.65. The van der Waals surface area contributed by atoms with Crippen molar-refractivity contribution < 1.29 is 35.7 Å². The number of anilines is 1. The second kappa shape index (κ2) is 8.98. The van der Waals surface area contributed by atoms with E-state index in [1.54, 1.807) is 4.90 Å². The predicted octanol–water partition coefficient (Wildman–Crippen LogP) is 4.35. The van der Waals surface area contributed by atoms with Gasteiger partial charge in [0.1, 0.15) is 5.76 Å². The highest BCUT2D eigenvalue weighted by Gasteiger charge is 2.37. The van der Waals surface area contributed by atoms with Gasteiger partial charge in [-0.2, -0.15) is 26.3 Å². The highest BCUT2D eigenvalue weighted by atomic mass is 19.4. The Morgan fingerprint density at radius 2 is 1.52 bits per heavy atom. The third kappa shape index (κ3) is 6.26. The average molecular weight is 476 g/mol. The molecular formula is C21H22F6N4O2. The Morgan fingerprint density at radius 3 is 2.06 bits per heavy atom. The molecule has 1 aliphatic heterocycles. The van der Waals surface area contributed by atoms with Gasteiger partial charge >= 0.3 is 12.4 Å². The first-order valence-electron chi connectivity index (χ1n) is 10.5. The van der Waals surface area contributed by atoms with Crippen LogP contribution in [0.4, 0.5) is 32.0 Å². The number of amides is 1. The van der Waals surface area contributed by atoms with Gasteiger partial charge in [0.2, 0.25) is 5.91 Å². The summed E-state index contributed by atoms with van der Waals surface area (Å²) < 4.78 is 83.2. The van der Waals surface area contributed by atoms with Gasteiger partial charge in [0.25, 0.3) is 0 Å². The molecule has 2 heterocycles. The first-order valence-corrected chi connectivity index (χ1v) is 10.5. The first kappa shape index (κ1) is 23.6. The van der Waals surface area contributed by atoms with Crippen LogP contribution in [0.2, 0.25) is 0 Å². The maximum atomic E-state index is 13.0. The molecule has 1 aromatic heterocycles. The van der Waals surface area contributed by atoms with Crippen molar-refractivity contribution in [3.8, 4) is 0 Å². The fourth-order valence-corrected chi connectivity index (χ4v) is 3.73. The van der Waals surface area contributed by atoms with Crippen molar-refractivity contribution >= 4 is 11.6 Å². The van der Waals surface area contributed by atoms with Crippen molar-refractivity contribution in [3.63, 3.8) is 0 Å². The molecule has 1 saturated carbocycles. The number of carbonyl (C=O) groups is 1. The molecule has 0 spiro atoms. The fourth-order valence-electron chi connectivity index (χ4n) is 3.73. The van der Waals surface area contributed by atoms with Gasteiger partial charge in [-0.25, -0.2) is 0 Å². The molecule has 2 aliphatic rings. The van der Waals surface area contributed by atoms with E-state index >= 15 is 0 Å². The number of hydrogen-bond donors (Lipinski definition) is 1. The molecule has 180 valence electrons. The summed E-state index contributed by atoms with van der Waals surface area (Å²) in [6.45, 7) is 2.80. The topological polar surface area (TPSA) is 61.6 Å². The van der Waals surface area contributed by atoms with Crippen LogP contribution in [0.5, 0.6) is 0 Å². The summed E-state index contributed by atoms with van der Waals surface area (Å²) >= 11 is 0. The molecule has 0 bridgehead atoms. The van der Waals surface area contributed by atoms with Gasteiger partial charge in [-0.1, -0.05) is 5.16 Å². The number of halogens is 6. The first-order chi connectivity index (χ1) is 15.5. The van der Waals surface area contributed by atoms with Crippen LogP contribution < -0.4 is 5.32 Å². The number of rotatable bonds is 6. The van der Waals surface area contributed by atoms with E-state index in [1.807, 2.05) is 6.07 Å². The number of aromatic nitrogens is 1. The molecule has 33 heavy (non-hydrogen) atoms. The predicted molar refractivity (Wildman–Crippen MR) is 105 cm³/mol. The summed E-state index contributed by atoms with van der Waals surface area (Å²) in [7, 11) is 0. The second-order valence-corrected chi connectivity index (χ2v) is 8.39. The molecule has 4 rings (SSSR count). The van der Waals surface area contributed by atoms with Crippen LogP contribution in [-0.4, -0.2) is 53.6 Å². The smallest absolute Gasteiger partial charge is 0.361 e. The van der Waals surface area contributed by atoms with Crippen molar-refractivity contribution in [2.24, 2.45) is 0 Å². The quantitative estimate of drug-likeness (QED) is 0.629. The number of nitrogens with zero attached hydrogens (tertiary/aromatic N) is 3. The summed E-state index contributed by atoms with van der Waals surface area (Å²) in [6, 6.07) is 2.98. The molecule has 1 amide bonds. The SMILES string of the molecule is O=C(CN1CCN(Cc2cc(C3CC3)on2)CC1)Nc1cc(C(F)(F)F)cc(C(F)(F)F)c1. The van der Waals surface area contributed by atoms with Gasteiger partial charge in [-0.05, 0) is 31.0 Å².